The van der Waals surface area contributed by atoms with Gasteiger partial charge in [0, 0.05) is 11.3 Å². The highest BCUT2D eigenvalue weighted by atomic mass is 32.2. The summed E-state index contributed by atoms with van der Waals surface area (Å²) in [7, 11) is 0. The molecule has 0 fully saturated rings. The maximum absolute atomic E-state index is 12.2. The third-order valence-electron chi connectivity index (χ3n) is 4.30. The molecule has 6 nitrogen and oxygen atoms in total. The minimum absolute atomic E-state index is 0.0916. The number of benzene rings is 2. The van der Waals surface area contributed by atoms with Crippen LogP contribution < -0.4 is 5.32 Å². The summed E-state index contributed by atoms with van der Waals surface area (Å²) in [5.41, 5.74) is 3.08. The van der Waals surface area contributed by atoms with Gasteiger partial charge in [0.15, 0.2) is 11.0 Å². The van der Waals surface area contributed by atoms with Crippen molar-refractivity contribution in [2.75, 3.05) is 5.75 Å². The number of carbonyl (C=O) groups excluding carboxylic acids is 1. The number of rotatable bonds is 7. The van der Waals surface area contributed by atoms with Crippen molar-refractivity contribution >= 4 is 17.7 Å². The van der Waals surface area contributed by atoms with E-state index in [1.807, 2.05) is 66.1 Å². The van der Waals surface area contributed by atoms with Crippen LogP contribution >= 0.6 is 11.8 Å². The normalized spacial score (nSPS) is 10.8. The monoisotopic (exact) mass is 404 g/mol. The molecule has 0 unspecified atom stereocenters. The molecule has 29 heavy (non-hydrogen) atoms. The molecule has 4 aromatic rings. The maximum atomic E-state index is 12.2. The van der Waals surface area contributed by atoms with E-state index in [2.05, 4.69) is 21.6 Å². The third-order valence-corrected chi connectivity index (χ3v) is 5.23. The molecule has 1 N–H and O–H groups in total. The van der Waals surface area contributed by atoms with Crippen molar-refractivity contribution in [3.8, 4) is 17.1 Å². The summed E-state index contributed by atoms with van der Waals surface area (Å²) >= 11 is 1.35. The SMILES string of the molecule is Cc1cccc(-c2nnc(SCC(=O)NCc3ccco3)n2-c2ccccc2)c1. The molecule has 0 spiro atoms. The predicted octanol–water partition coefficient (Wildman–Crippen LogP) is 4.24. The first-order valence-corrected chi connectivity index (χ1v) is 10.2. The summed E-state index contributed by atoms with van der Waals surface area (Å²) in [4.78, 5) is 12.2. The van der Waals surface area contributed by atoms with Crippen molar-refractivity contribution in [3.05, 3.63) is 84.3 Å². The summed E-state index contributed by atoms with van der Waals surface area (Å²) in [6.45, 7) is 2.41. The number of nitrogens with zero attached hydrogens (tertiary/aromatic N) is 3. The average Bonchev–Trinajstić information content (AvgIpc) is 3.41. The largest absolute Gasteiger partial charge is 0.467 e. The fourth-order valence-corrected chi connectivity index (χ4v) is 3.71. The zero-order valence-corrected chi connectivity index (χ0v) is 16.7. The summed E-state index contributed by atoms with van der Waals surface area (Å²) in [5, 5.41) is 12.3. The Bertz CT molecular complexity index is 1090. The van der Waals surface area contributed by atoms with E-state index >= 15 is 0 Å². The van der Waals surface area contributed by atoms with Crippen molar-refractivity contribution in [3.63, 3.8) is 0 Å². The number of carbonyl (C=O) groups is 1. The molecule has 4 rings (SSSR count). The Balaban J connectivity index is 1.56. The lowest BCUT2D eigenvalue weighted by Gasteiger charge is -2.10. The fraction of sp³-hybridized carbons (Fsp3) is 0.136. The second-order valence-electron chi connectivity index (χ2n) is 6.49. The molecule has 0 aliphatic heterocycles. The fourth-order valence-electron chi connectivity index (χ4n) is 2.92. The molecule has 0 atom stereocenters. The Kier molecular flexibility index (Phi) is 5.76. The van der Waals surface area contributed by atoms with Gasteiger partial charge in [-0.1, -0.05) is 53.7 Å². The van der Waals surface area contributed by atoms with Gasteiger partial charge in [-0.2, -0.15) is 0 Å². The van der Waals surface area contributed by atoms with Crippen molar-refractivity contribution < 1.29 is 9.21 Å². The van der Waals surface area contributed by atoms with E-state index in [4.69, 9.17) is 4.42 Å². The highest BCUT2D eigenvalue weighted by Crippen LogP contribution is 2.28. The molecule has 0 bridgehead atoms. The molecule has 7 heteroatoms. The van der Waals surface area contributed by atoms with Crippen molar-refractivity contribution in [1.29, 1.82) is 0 Å². The Labute approximate surface area is 173 Å². The standard InChI is InChI=1S/C22H20N4O2S/c1-16-7-5-8-17(13-16)21-24-25-22(26(21)18-9-3-2-4-10-18)29-15-20(27)23-14-19-11-6-12-28-19/h2-13H,14-15H2,1H3,(H,23,27). The van der Waals surface area contributed by atoms with Crippen LogP contribution in [-0.2, 0) is 11.3 Å². The van der Waals surface area contributed by atoms with Gasteiger partial charge in [-0.05, 0) is 37.3 Å². The molecule has 2 heterocycles. The van der Waals surface area contributed by atoms with Crippen molar-refractivity contribution in [2.45, 2.75) is 18.6 Å². The van der Waals surface area contributed by atoms with E-state index < -0.39 is 0 Å². The van der Waals surface area contributed by atoms with Crippen LogP contribution in [0.2, 0.25) is 0 Å². The second-order valence-corrected chi connectivity index (χ2v) is 7.43. The van der Waals surface area contributed by atoms with Gasteiger partial charge in [0.2, 0.25) is 5.91 Å². The molecule has 1 amide bonds. The highest BCUT2D eigenvalue weighted by Gasteiger charge is 2.17. The van der Waals surface area contributed by atoms with Gasteiger partial charge in [-0.3, -0.25) is 9.36 Å². The van der Waals surface area contributed by atoms with Gasteiger partial charge < -0.3 is 9.73 Å². The summed E-state index contributed by atoms with van der Waals surface area (Å²) < 4.78 is 7.22. The number of aryl methyl sites for hydroxylation is 1. The zero-order valence-electron chi connectivity index (χ0n) is 15.9. The van der Waals surface area contributed by atoms with E-state index in [9.17, 15) is 4.79 Å². The second kappa shape index (κ2) is 8.79. The molecule has 146 valence electrons. The van der Waals surface area contributed by atoms with Crippen LogP contribution in [0.4, 0.5) is 0 Å². The van der Waals surface area contributed by atoms with Gasteiger partial charge in [0.1, 0.15) is 5.76 Å². The average molecular weight is 404 g/mol. The third kappa shape index (κ3) is 4.57. The van der Waals surface area contributed by atoms with E-state index in [-0.39, 0.29) is 11.7 Å². The highest BCUT2D eigenvalue weighted by molar-refractivity contribution is 7.99. The molecule has 0 radical (unpaired) electrons. The minimum Gasteiger partial charge on any atom is -0.467 e. The first-order valence-electron chi connectivity index (χ1n) is 9.20. The van der Waals surface area contributed by atoms with Crippen molar-refractivity contribution in [1.82, 2.24) is 20.1 Å². The van der Waals surface area contributed by atoms with Crippen molar-refractivity contribution in [2.24, 2.45) is 0 Å². The Morgan fingerprint density at radius 3 is 2.69 bits per heavy atom. The number of amides is 1. The maximum Gasteiger partial charge on any atom is 0.230 e. The molecule has 2 aromatic carbocycles. The van der Waals surface area contributed by atoms with E-state index in [1.165, 1.54) is 11.8 Å². The van der Waals surface area contributed by atoms with E-state index in [0.29, 0.717) is 11.7 Å². The number of para-hydroxylation sites is 1. The molecule has 0 saturated heterocycles. The van der Waals surface area contributed by atoms with Crippen LogP contribution in [0.25, 0.3) is 17.1 Å². The first kappa shape index (κ1) is 19.0. The van der Waals surface area contributed by atoms with Gasteiger partial charge in [0.25, 0.3) is 0 Å². The quantitative estimate of drug-likeness (QED) is 0.466. The lowest BCUT2D eigenvalue weighted by molar-refractivity contribution is -0.118. The number of nitrogens with one attached hydrogen (secondary N) is 1. The van der Waals surface area contributed by atoms with E-state index in [0.717, 1.165) is 28.4 Å². The summed E-state index contributed by atoms with van der Waals surface area (Å²) in [6.07, 6.45) is 1.59. The number of furan rings is 1. The van der Waals surface area contributed by atoms with E-state index in [1.54, 1.807) is 12.3 Å². The topological polar surface area (TPSA) is 73.0 Å². The van der Waals surface area contributed by atoms with Gasteiger partial charge >= 0.3 is 0 Å². The Hall–Kier alpha value is -3.32. The molecular formula is C22H20N4O2S. The number of thioether (sulfide) groups is 1. The Morgan fingerprint density at radius 2 is 1.93 bits per heavy atom. The van der Waals surface area contributed by atoms with Crippen LogP contribution in [0.1, 0.15) is 11.3 Å². The Morgan fingerprint density at radius 1 is 1.07 bits per heavy atom. The van der Waals surface area contributed by atoms with Crippen LogP contribution in [0.5, 0.6) is 0 Å². The van der Waals surface area contributed by atoms with Crippen LogP contribution in [0.3, 0.4) is 0 Å². The van der Waals surface area contributed by atoms with Gasteiger partial charge in [-0.15, -0.1) is 10.2 Å². The number of aromatic nitrogens is 3. The molecular weight excluding hydrogens is 384 g/mol. The van der Waals surface area contributed by atoms with Crippen LogP contribution in [-0.4, -0.2) is 26.4 Å². The lowest BCUT2D eigenvalue weighted by atomic mass is 10.1. The van der Waals surface area contributed by atoms with Crippen LogP contribution in [0, 0.1) is 6.92 Å². The smallest absolute Gasteiger partial charge is 0.230 e. The van der Waals surface area contributed by atoms with Crippen LogP contribution in [0.15, 0.2) is 82.6 Å². The minimum atomic E-state index is -0.0916. The van der Waals surface area contributed by atoms with Gasteiger partial charge in [-0.25, -0.2) is 0 Å². The first-order chi connectivity index (χ1) is 14.2. The molecule has 0 aliphatic rings. The molecule has 2 aromatic heterocycles. The number of hydrogen-bond acceptors (Lipinski definition) is 5. The number of hydrogen-bond donors (Lipinski definition) is 1. The molecule has 0 aliphatic carbocycles. The lowest BCUT2D eigenvalue weighted by Crippen LogP contribution is -2.24. The summed E-state index contributed by atoms with van der Waals surface area (Å²) in [6, 6.07) is 21.7. The summed E-state index contributed by atoms with van der Waals surface area (Å²) in [5.74, 6) is 1.61. The predicted molar refractivity (Wildman–Crippen MR) is 113 cm³/mol. The van der Waals surface area contributed by atoms with Gasteiger partial charge in [0.05, 0.1) is 18.6 Å². The zero-order chi connectivity index (χ0) is 20.1. The molecule has 0 saturated carbocycles.